The maximum atomic E-state index is 13.8. The number of H-pyrrole nitrogens is 3. The fourth-order valence-corrected chi connectivity index (χ4v) is 20.3. The standard InChI is InChI=1S/C36H41N7O4.C36H39N7O4.C30H29F3N6O3S/c2*1-46-24-36(35(45)39-29-7-8-31-30(21-29)33(41-40-31)27-11-19-47-20-12-27)13-18-42(23-36)22-32(44)43-16-9-26(10-17-43)25-3-5-28(6-4-25)34-37-14-2-15-38-34;31-21-3-1-19(2-4-21)26-23-15-22(5-6-24(23)36-37-26)35-28(41)30(18-42-29(32)33)9-13-38(17-30)16-25(40)39-11-7-20(8-12-39)27-34-10-14-43-27/h2-9,14-15,21,27H,10-13,16-20,22-24H2,1H3,(H,39,45)(H,40,41);2-9,11,14-15,21H,10,12-13,16-20,22-24H2,1H3,(H,39,45)(H,40,41);1-7,10,14-15,29H,8-9,11-13,16-18H2,(H,35,41)(H,36,37)/t2*36-;/m11./s1. The van der Waals surface area contributed by atoms with E-state index in [1.165, 1.54) is 23.3 Å². The van der Waals surface area contributed by atoms with E-state index in [-0.39, 0.29) is 81.2 Å². The van der Waals surface area contributed by atoms with E-state index in [1.54, 1.807) is 97.8 Å². The van der Waals surface area contributed by atoms with Gasteiger partial charge in [-0.25, -0.2) is 29.3 Å². The van der Waals surface area contributed by atoms with E-state index >= 15 is 0 Å². The highest BCUT2D eigenvalue weighted by molar-refractivity contribution is 7.10. The van der Waals surface area contributed by atoms with Gasteiger partial charge in [-0.05, 0) is 202 Å². The largest absolute Gasteiger partial charge is 0.384 e. The molecule has 3 atom stereocenters. The summed E-state index contributed by atoms with van der Waals surface area (Å²) >= 11 is 1.56. The van der Waals surface area contributed by atoms with Crippen molar-refractivity contribution in [2.45, 2.75) is 70.3 Å². The first-order valence-electron chi connectivity index (χ1n) is 46.4. The average Bonchev–Trinajstić information content (AvgIpc) is 1.65. The Hall–Kier alpha value is -13.2. The normalized spacial score (nSPS) is 20.1. The van der Waals surface area contributed by atoms with E-state index in [1.807, 2.05) is 92.9 Å². The zero-order valence-corrected chi connectivity index (χ0v) is 77.2. The summed E-state index contributed by atoms with van der Waals surface area (Å²) < 4.78 is 66.5. The van der Waals surface area contributed by atoms with Crippen molar-refractivity contribution in [3.05, 3.63) is 234 Å². The van der Waals surface area contributed by atoms with Crippen LogP contribution in [0.2, 0.25) is 0 Å². The number of fused-ring (bicyclic) bond motifs is 3. The van der Waals surface area contributed by atoms with Gasteiger partial charge in [0, 0.05) is 184 Å². The lowest BCUT2D eigenvalue weighted by Gasteiger charge is -2.30. The summed E-state index contributed by atoms with van der Waals surface area (Å²) in [6.07, 6.45) is 23.6. The smallest absolute Gasteiger partial charge is 0.345 e. The van der Waals surface area contributed by atoms with Gasteiger partial charge in [0.25, 0.3) is 0 Å². The summed E-state index contributed by atoms with van der Waals surface area (Å²) in [5.74, 6) is 0.830. The lowest BCUT2D eigenvalue weighted by molar-refractivity contribution is -0.159. The summed E-state index contributed by atoms with van der Waals surface area (Å²) in [5, 5.41) is 37.4. The minimum Gasteiger partial charge on any atom is -0.384 e. The first-order chi connectivity index (χ1) is 66.8. The number of aromatic amines is 3. The number of thiazole rings is 1. The average molecular weight is 1880 g/mol. The number of amides is 6. The second-order valence-corrected chi connectivity index (χ2v) is 37.0. The molecule has 4 saturated heterocycles. The number of aromatic nitrogens is 11. The third-order valence-electron chi connectivity index (χ3n) is 27.2. The van der Waals surface area contributed by atoms with Gasteiger partial charge in [0.1, 0.15) is 10.8 Å². The Kier molecular flexibility index (Phi) is 29.5. The molecule has 710 valence electrons. The molecule has 8 aliphatic heterocycles. The molecule has 0 aliphatic carbocycles. The number of hydrogen-bond acceptors (Lipinski definition) is 23. The Morgan fingerprint density at radius 2 is 0.920 bits per heavy atom. The topological polar surface area (TPSA) is 355 Å². The summed E-state index contributed by atoms with van der Waals surface area (Å²) in [5.41, 5.74) is 13.9. The maximum Gasteiger partial charge on any atom is 0.345 e. The van der Waals surface area contributed by atoms with Crippen LogP contribution in [0.3, 0.4) is 0 Å². The Balaban J connectivity index is 0.000000137. The van der Waals surface area contributed by atoms with Crippen LogP contribution in [0.15, 0.2) is 200 Å². The SMILES string of the molecule is COC[C@@]1(C(=O)Nc2ccc3[nH]nc(C4=CCOCC4)c3c2)CCN(CC(=O)N2CC=C(c3ccc(-c4ncccn4)cc3)CC2)C1.COC[C@@]1(C(=O)Nc2ccc3n[nH]c(C4CCOCC4)c3c2)CCN(CC(=O)N2CC=C(c3ccc(-c4ncccn4)cc3)CC2)C1.O=C(CN1CCC(COC(F)F)(C(=O)Nc2ccc3[nH]nc(-c4ccc(F)cc4)c3c2)C1)N1CC=C(c2nccs2)CC1. The number of nitrogens with zero attached hydrogens (tertiary/aromatic N) is 14. The first kappa shape index (κ1) is 94.1. The molecule has 4 fully saturated rings. The summed E-state index contributed by atoms with van der Waals surface area (Å²) in [7, 11) is 3.25. The third kappa shape index (κ3) is 22.1. The van der Waals surface area contributed by atoms with Crippen LogP contribution in [0.5, 0.6) is 0 Å². The number of carbonyl (C=O) groups is 6. The molecule has 0 radical (unpaired) electrons. The number of rotatable bonds is 27. The molecule has 35 heteroatoms. The highest BCUT2D eigenvalue weighted by atomic mass is 32.1. The summed E-state index contributed by atoms with van der Waals surface area (Å²) in [6.45, 7) is 6.62. The summed E-state index contributed by atoms with van der Waals surface area (Å²) in [6, 6.07) is 42.9. The zero-order valence-electron chi connectivity index (χ0n) is 76.4. The van der Waals surface area contributed by atoms with Crippen molar-refractivity contribution in [1.82, 2.24) is 84.9 Å². The number of carbonyl (C=O) groups excluding carboxylic acids is 6. The first-order valence-corrected chi connectivity index (χ1v) is 47.3. The van der Waals surface area contributed by atoms with Crippen molar-refractivity contribution in [2.75, 3.05) is 175 Å². The highest BCUT2D eigenvalue weighted by Crippen LogP contribution is 2.41. The third-order valence-corrected chi connectivity index (χ3v) is 28.0. The van der Waals surface area contributed by atoms with E-state index in [9.17, 15) is 41.9 Å². The number of methoxy groups -OCH3 is 2. The molecule has 0 spiro atoms. The van der Waals surface area contributed by atoms with Crippen LogP contribution in [-0.4, -0.2) is 286 Å². The molecule has 6 N–H and O–H groups in total. The number of halogens is 3. The van der Waals surface area contributed by atoms with E-state index in [0.717, 1.165) is 123 Å². The monoisotopic (exact) mass is 1880 g/mol. The molecular weight excluding hydrogens is 1770 g/mol. The van der Waals surface area contributed by atoms with Crippen molar-refractivity contribution in [3.8, 4) is 34.0 Å². The quantitative estimate of drug-likeness (QED) is 0.0278. The van der Waals surface area contributed by atoms with Crippen LogP contribution in [0.25, 0.3) is 89.0 Å². The van der Waals surface area contributed by atoms with Crippen molar-refractivity contribution < 1.29 is 65.6 Å². The zero-order chi connectivity index (χ0) is 94.4. The van der Waals surface area contributed by atoms with Gasteiger partial charge >= 0.3 is 6.61 Å². The van der Waals surface area contributed by atoms with Gasteiger partial charge in [-0.1, -0.05) is 72.8 Å². The highest BCUT2D eigenvalue weighted by Gasteiger charge is 2.49. The minimum atomic E-state index is -3.03. The Labute approximate surface area is 793 Å². The molecule has 14 heterocycles. The Bertz CT molecular complexity index is 6440. The van der Waals surface area contributed by atoms with Crippen LogP contribution >= 0.6 is 11.3 Å². The van der Waals surface area contributed by atoms with Crippen LogP contribution in [0.1, 0.15) is 91.2 Å². The molecule has 1 unspecified atom stereocenters. The number of anilines is 3. The number of hydrogen-bond donors (Lipinski definition) is 6. The maximum absolute atomic E-state index is 13.8. The molecular formula is C102H109F3N20O11S. The van der Waals surface area contributed by atoms with Crippen LogP contribution in [-0.2, 0) is 52.5 Å². The van der Waals surface area contributed by atoms with E-state index < -0.39 is 35.4 Å². The van der Waals surface area contributed by atoms with Gasteiger partial charge in [-0.15, -0.1) is 11.3 Å². The van der Waals surface area contributed by atoms with Gasteiger partial charge in [0.15, 0.2) is 11.6 Å². The van der Waals surface area contributed by atoms with E-state index in [2.05, 4.69) is 128 Å². The van der Waals surface area contributed by atoms with Gasteiger partial charge in [-0.3, -0.25) is 58.8 Å². The van der Waals surface area contributed by atoms with Crippen molar-refractivity contribution in [2.24, 2.45) is 16.2 Å². The fraction of sp³-hybridized carbons (Fsp3) is 0.373. The Morgan fingerprint density at radius 3 is 1.37 bits per heavy atom. The Morgan fingerprint density at radius 1 is 0.467 bits per heavy atom. The molecule has 12 aromatic rings. The van der Waals surface area contributed by atoms with Gasteiger partial charge < -0.3 is 54.3 Å². The molecule has 137 heavy (non-hydrogen) atoms. The molecule has 6 amide bonds. The molecule has 31 nitrogen and oxygen atoms in total. The molecule has 20 rings (SSSR count). The number of likely N-dealkylation sites (tertiary alicyclic amines) is 3. The predicted molar refractivity (Wildman–Crippen MR) is 517 cm³/mol. The molecule has 8 aliphatic rings. The lowest BCUT2D eigenvalue weighted by atomic mass is 9.86. The number of alkyl halides is 2. The molecule has 0 saturated carbocycles. The summed E-state index contributed by atoms with van der Waals surface area (Å²) in [4.78, 5) is 114. The molecule has 6 aromatic heterocycles. The second-order valence-electron chi connectivity index (χ2n) is 36.1. The van der Waals surface area contributed by atoms with Crippen LogP contribution in [0.4, 0.5) is 30.2 Å². The minimum absolute atomic E-state index is 0.0749. The number of benzene rings is 6. The van der Waals surface area contributed by atoms with E-state index in [4.69, 9.17) is 18.9 Å². The van der Waals surface area contributed by atoms with Crippen molar-refractivity contribution in [3.63, 3.8) is 0 Å². The predicted octanol–water partition coefficient (Wildman–Crippen LogP) is 13.9. The lowest BCUT2D eigenvalue weighted by Crippen LogP contribution is -2.45. The van der Waals surface area contributed by atoms with Gasteiger partial charge in [-0.2, -0.15) is 24.1 Å². The van der Waals surface area contributed by atoms with Gasteiger partial charge in [0.2, 0.25) is 35.4 Å². The van der Waals surface area contributed by atoms with Gasteiger partial charge in [0.05, 0.1) is 96.9 Å². The number of nitrogens with one attached hydrogen (secondary N) is 6. The second kappa shape index (κ2) is 43.0. The fourth-order valence-electron chi connectivity index (χ4n) is 19.6. The van der Waals surface area contributed by atoms with E-state index in [0.29, 0.717) is 156 Å². The van der Waals surface area contributed by atoms with Crippen LogP contribution < -0.4 is 16.0 Å². The number of ether oxygens (including phenoxy) is 5. The van der Waals surface area contributed by atoms with Crippen LogP contribution in [0, 0.1) is 22.1 Å². The molecule has 6 aromatic carbocycles. The van der Waals surface area contributed by atoms with Crippen molar-refractivity contribution in [1.29, 1.82) is 0 Å². The van der Waals surface area contributed by atoms with Crippen molar-refractivity contribution >= 4 is 119 Å². The molecule has 0 bridgehead atoms.